The highest BCUT2D eigenvalue weighted by atomic mass is 28.4. The molecule has 1 N–H and O–H groups in total. The summed E-state index contributed by atoms with van der Waals surface area (Å²) in [6, 6.07) is 12.5. The monoisotopic (exact) mass is 699 g/mol. The lowest BCUT2D eigenvalue weighted by atomic mass is 9.88. The van der Waals surface area contributed by atoms with Crippen LogP contribution in [0.1, 0.15) is 80.1 Å². The number of piperidine rings is 1. The van der Waals surface area contributed by atoms with Gasteiger partial charge in [-0.2, -0.15) is 0 Å². The Balaban J connectivity index is 1.09. The summed E-state index contributed by atoms with van der Waals surface area (Å²) in [6.07, 6.45) is 6.42. The number of fused-ring (bicyclic) bond motifs is 1. The van der Waals surface area contributed by atoms with E-state index in [0.29, 0.717) is 57.3 Å². The Bertz CT molecular complexity index is 1890. The summed E-state index contributed by atoms with van der Waals surface area (Å²) in [5.41, 5.74) is 2.65. The van der Waals surface area contributed by atoms with Crippen molar-refractivity contribution in [1.82, 2.24) is 44.5 Å². The van der Waals surface area contributed by atoms with Gasteiger partial charge in [-0.15, -0.1) is 15.3 Å². The lowest BCUT2D eigenvalue weighted by Gasteiger charge is -2.40. The Morgan fingerprint density at radius 2 is 1.82 bits per heavy atom. The molecule has 2 aliphatic heterocycles. The van der Waals surface area contributed by atoms with Gasteiger partial charge in [-0.1, -0.05) is 51.1 Å². The average Bonchev–Trinajstić information content (AvgIpc) is 3.36. The van der Waals surface area contributed by atoms with E-state index in [-0.39, 0.29) is 22.4 Å². The number of hydrogen-bond donors (Lipinski definition) is 1. The van der Waals surface area contributed by atoms with Crippen molar-refractivity contribution < 1.29 is 18.8 Å². The highest BCUT2D eigenvalue weighted by Crippen LogP contribution is 2.48. The molecule has 14 heteroatoms. The minimum atomic E-state index is -2.31. The lowest BCUT2D eigenvalue weighted by molar-refractivity contribution is 0.0637. The van der Waals surface area contributed by atoms with E-state index in [1.807, 2.05) is 30.2 Å². The molecular formula is C36H49N9O4Si. The van der Waals surface area contributed by atoms with Crippen molar-refractivity contribution in [3.63, 3.8) is 0 Å². The Kier molecular flexibility index (Phi) is 8.53. The normalized spacial score (nSPS) is 19.2. The van der Waals surface area contributed by atoms with E-state index in [1.165, 1.54) is 11.9 Å². The SMILES string of the molecule is Cc1cc(OCC2(c3ccccc3)CC2)cn2nc(C(CN3CC4(CCN(C(=O)c5nncn5C)CC4)NC3=O)O[Si](C)(C)C(C)(C)C)nc12. The number of carbonyl (C=O) groups is 2. The molecule has 0 radical (unpaired) electrons. The van der Waals surface area contributed by atoms with E-state index in [1.54, 1.807) is 21.0 Å². The summed E-state index contributed by atoms with van der Waals surface area (Å²) in [6.45, 7) is 15.5. The molecule has 7 rings (SSSR count). The second-order valence-corrected chi connectivity index (χ2v) is 20.8. The number of carbonyl (C=O) groups excluding carboxylic acids is 2. The van der Waals surface area contributed by atoms with Crippen molar-refractivity contribution in [3.8, 4) is 5.75 Å². The van der Waals surface area contributed by atoms with Gasteiger partial charge >= 0.3 is 6.03 Å². The molecule has 1 aliphatic carbocycles. The molecule has 4 aromatic rings. The van der Waals surface area contributed by atoms with E-state index in [9.17, 15) is 9.59 Å². The van der Waals surface area contributed by atoms with Crippen molar-refractivity contribution in [2.45, 2.75) is 88.6 Å². The minimum absolute atomic E-state index is 0.0601. The third-order valence-corrected chi connectivity index (χ3v) is 15.8. The van der Waals surface area contributed by atoms with Crippen LogP contribution in [0.5, 0.6) is 5.75 Å². The first kappa shape index (κ1) is 34.2. The van der Waals surface area contributed by atoms with Crippen molar-refractivity contribution in [1.29, 1.82) is 0 Å². The molecule has 3 fully saturated rings. The second-order valence-electron chi connectivity index (χ2n) is 16.0. The quantitative estimate of drug-likeness (QED) is 0.228. The van der Waals surface area contributed by atoms with Crippen LogP contribution < -0.4 is 10.1 Å². The van der Waals surface area contributed by atoms with Gasteiger partial charge in [-0.05, 0) is 67.9 Å². The first-order valence-electron chi connectivity index (χ1n) is 17.6. The Hall–Kier alpha value is -4.30. The summed E-state index contributed by atoms with van der Waals surface area (Å²) in [4.78, 5) is 35.2. The number of nitrogens with zero attached hydrogens (tertiary/aromatic N) is 8. The van der Waals surface area contributed by atoms with E-state index in [0.717, 1.165) is 29.8 Å². The molecule has 50 heavy (non-hydrogen) atoms. The van der Waals surface area contributed by atoms with Gasteiger partial charge in [-0.3, -0.25) is 4.79 Å². The van der Waals surface area contributed by atoms with Gasteiger partial charge in [0, 0.05) is 32.1 Å². The molecule has 5 heterocycles. The number of urea groups is 1. The molecule has 1 spiro atoms. The van der Waals surface area contributed by atoms with Gasteiger partial charge in [0.15, 0.2) is 19.8 Å². The molecule has 1 saturated carbocycles. The fourth-order valence-electron chi connectivity index (χ4n) is 6.90. The average molecular weight is 700 g/mol. The topological polar surface area (TPSA) is 132 Å². The van der Waals surface area contributed by atoms with E-state index >= 15 is 0 Å². The summed E-state index contributed by atoms with van der Waals surface area (Å²) in [7, 11) is -0.545. The van der Waals surface area contributed by atoms with Crippen LogP contribution in [0.4, 0.5) is 4.79 Å². The highest BCUT2D eigenvalue weighted by molar-refractivity contribution is 6.74. The second kappa shape index (κ2) is 12.5. The molecule has 3 aliphatic rings. The smallest absolute Gasteiger partial charge is 0.318 e. The largest absolute Gasteiger partial charge is 0.491 e. The number of ether oxygens (including phenoxy) is 1. The zero-order valence-electron chi connectivity index (χ0n) is 30.3. The zero-order valence-corrected chi connectivity index (χ0v) is 31.3. The molecule has 3 aromatic heterocycles. The van der Waals surface area contributed by atoms with E-state index in [4.69, 9.17) is 19.2 Å². The molecule has 13 nitrogen and oxygen atoms in total. The number of pyridine rings is 1. The maximum Gasteiger partial charge on any atom is 0.318 e. The Morgan fingerprint density at radius 1 is 1.10 bits per heavy atom. The molecule has 1 unspecified atom stereocenters. The number of benzene rings is 1. The number of nitrogens with one attached hydrogen (secondary N) is 1. The molecule has 2 saturated heterocycles. The van der Waals surface area contributed by atoms with E-state index in [2.05, 4.69) is 73.6 Å². The third kappa shape index (κ3) is 6.50. The van der Waals surface area contributed by atoms with Crippen molar-refractivity contribution >= 4 is 25.9 Å². The van der Waals surface area contributed by atoms with Crippen LogP contribution in [-0.2, 0) is 16.9 Å². The number of aryl methyl sites for hydroxylation is 2. The molecule has 1 aromatic carbocycles. The fourth-order valence-corrected chi connectivity index (χ4v) is 8.15. The Labute approximate surface area is 294 Å². The lowest BCUT2D eigenvalue weighted by Crippen LogP contribution is -2.54. The number of aromatic nitrogens is 6. The summed E-state index contributed by atoms with van der Waals surface area (Å²) in [5.74, 6) is 1.47. The van der Waals surface area contributed by atoms with Crippen LogP contribution in [0.15, 0.2) is 48.9 Å². The standard InChI is InChI=1S/C36H49N9O4Si/c1-25-19-27(48-23-35(13-14-35)26-11-9-8-10-12-26)20-45-30(25)38-29(41-45)28(49-50(6,7)34(2,3)4)21-44-22-36(39-33(44)47)15-17-43(18-16-36)32(46)31-40-37-24-42(31)5/h8-12,19-20,24,28H,13-18,21-23H2,1-7H3,(H,39,47). The maximum atomic E-state index is 13.6. The maximum absolute atomic E-state index is 13.6. The first-order chi connectivity index (χ1) is 23.7. The van der Waals surface area contributed by atoms with E-state index < -0.39 is 20.0 Å². The molecule has 0 bridgehead atoms. The van der Waals surface area contributed by atoms with Crippen molar-refractivity contribution in [2.75, 3.05) is 32.8 Å². The predicted octanol–water partition coefficient (Wildman–Crippen LogP) is 5.04. The van der Waals surface area contributed by atoms with Gasteiger partial charge in [-0.25, -0.2) is 14.3 Å². The van der Waals surface area contributed by atoms with Crippen LogP contribution >= 0.6 is 0 Å². The fraction of sp³-hybridized carbons (Fsp3) is 0.556. The Morgan fingerprint density at radius 3 is 2.46 bits per heavy atom. The van der Waals surface area contributed by atoms with Crippen LogP contribution in [0.2, 0.25) is 18.1 Å². The van der Waals surface area contributed by atoms with Crippen LogP contribution in [0.3, 0.4) is 0 Å². The minimum Gasteiger partial charge on any atom is -0.491 e. The molecule has 1 atom stereocenters. The summed E-state index contributed by atoms with van der Waals surface area (Å²) < 4.78 is 16.8. The third-order valence-electron chi connectivity index (χ3n) is 11.3. The molecule has 266 valence electrons. The van der Waals surface area contributed by atoms with Gasteiger partial charge < -0.3 is 28.8 Å². The predicted molar refractivity (Wildman–Crippen MR) is 191 cm³/mol. The summed E-state index contributed by atoms with van der Waals surface area (Å²) in [5, 5.41) is 16.0. The van der Waals surface area contributed by atoms with Gasteiger partial charge in [0.2, 0.25) is 5.82 Å². The van der Waals surface area contributed by atoms with Crippen LogP contribution in [0, 0.1) is 6.92 Å². The van der Waals surface area contributed by atoms with Crippen molar-refractivity contribution in [2.24, 2.45) is 7.05 Å². The number of likely N-dealkylation sites (tertiary alicyclic amines) is 1. The number of amides is 3. The highest BCUT2D eigenvalue weighted by Gasteiger charge is 2.48. The van der Waals surface area contributed by atoms with Gasteiger partial charge in [0.05, 0.1) is 24.9 Å². The summed E-state index contributed by atoms with van der Waals surface area (Å²) >= 11 is 0. The molecule has 3 amide bonds. The zero-order chi connectivity index (χ0) is 35.5. The van der Waals surface area contributed by atoms with Crippen molar-refractivity contribution in [3.05, 3.63) is 71.7 Å². The van der Waals surface area contributed by atoms with Gasteiger partial charge in [0.25, 0.3) is 5.91 Å². The van der Waals surface area contributed by atoms with Crippen LogP contribution in [0.25, 0.3) is 5.65 Å². The molecular weight excluding hydrogens is 651 g/mol. The van der Waals surface area contributed by atoms with Crippen LogP contribution in [-0.4, -0.2) is 97.7 Å². The van der Waals surface area contributed by atoms with Gasteiger partial charge in [0.1, 0.15) is 18.2 Å². The first-order valence-corrected chi connectivity index (χ1v) is 20.5. The number of hydrogen-bond acceptors (Lipinski definition) is 8. The number of rotatable bonds is 10.